The number of carbonyl (C=O) groups excluding carboxylic acids is 2. The summed E-state index contributed by atoms with van der Waals surface area (Å²) in [6, 6.07) is 16.4. The van der Waals surface area contributed by atoms with E-state index in [4.69, 9.17) is 4.74 Å². The molecule has 7 nitrogen and oxygen atoms in total. The molecule has 0 bridgehead atoms. The predicted octanol–water partition coefficient (Wildman–Crippen LogP) is 3.48. The number of nitrogens with zero attached hydrogens (tertiary/aromatic N) is 1. The van der Waals surface area contributed by atoms with Gasteiger partial charge in [0.2, 0.25) is 5.91 Å². The molecule has 0 aromatic heterocycles. The topological polar surface area (TPSA) is 95.9 Å². The number of carbonyl (C=O) groups is 3. The summed E-state index contributed by atoms with van der Waals surface area (Å²) in [5.41, 5.74) is 4.12. The number of rotatable bonds is 6. The predicted molar refractivity (Wildman–Crippen MR) is 124 cm³/mol. The number of ether oxygens (including phenoxy) is 1. The minimum absolute atomic E-state index is 0.00307. The molecule has 2 saturated carbocycles. The molecule has 1 aliphatic heterocycles. The molecule has 7 heteroatoms. The van der Waals surface area contributed by atoms with Crippen LogP contribution in [0.25, 0.3) is 11.1 Å². The van der Waals surface area contributed by atoms with E-state index in [1.807, 2.05) is 29.2 Å². The fraction of sp³-hybridized carbons (Fsp3) is 0.444. The third kappa shape index (κ3) is 3.45. The van der Waals surface area contributed by atoms with Crippen LogP contribution >= 0.6 is 0 Å². The molecule has 0 radical (unpaired) electrons. The zero-order valence-corrected chi connectivity index (χ0v) is 18.9. The number of nitrogens with one attached hydrogen (secondary N) is 1. The van der Waals surface area contributed by atoms with Crippen molar-refractivity contribution >= 4 is 18.0 Å². The van der Waals surface area contributed by atoms with Crippen LogP contribution < -0.4 is 5.32 Å². The third-order valence-corrected chi connectivity index (χ3v) is 8.29. The highest BCUT2D eigenvalue weighted by Crippen LogP contribution is 2.54. The largest absolute Gasteiger partial charge is 0.481 e. The summed E-state index contributed by atoms with van der Waals surface area (Å²) in [5, 5.41) is 12.1. The molecule has 3 aliphatic carbocycles. The standard InChI is InChI=1S/C27H28N2O5/c30-24(31)23-20-9-12-29(13-21(20)23)25(32)27(10-11-27)15-28-26(33)34-14-22-18-7-3-1-5-16(18)17-6-2-4-8-19(17)22/h1-8,20-23H,9-15H2,(H,28,33)(H,30,31)/t20-,21+,23?/m1/s1. The van der Waals surface area contributed by atoms with Crippen LogP contribution in [0.2, 0.25) is 0 Å². The van der Waals surface area contributed by atoms with Crippen LogP contribution in [0.15, 0.2) is 48.5 Å². The summed E-state index contributed by atoms with van der Waals surface area (Å²) in [6.07, 6.45) is 1.72. The summed E-state index contributed by atoms with van der Waals surface area (Å²) >= 11 is 0. The van der Waals surface area contributed by atoms with Gasteiger partial charge in [0.1, 0.15) is 6.61 Å². The first-order valence-corrected chi connectivity index (χ1v) is 12.1. The molecular formula is C27H28N2O5. The van der Waals surface area contributed by atoms with Gasteiger partial charge in [-0.2, -0.15) is 0 Å². The lowest BCUT2D eigenvalue weighted by Crippen LogP contribution is -2.45. The minimum Gasteiger partial charge on any atom is -0.481 e. The molecule has 4 aliphatic rings. The Morgan fingerprint density at radius 2 is 1.65 bits per heavy atom. The first-order valence-electron chi connectivity index (χ1n) is 12.1. The number of hydrogen-bond acceptors (Lipinski definition) is 4. The van der Waals surface area contributed by atoms with E-state index < -0.39 is 17.5 Å². The van der Waals surface area contributed by atoms with E-state index >= 15 is 0 Å². The molecule has 0 spiro atoms. The first-order chi connectivity index (χ1) is 16.5. The molecular weight excluding hydrogens is 432 g/mol. The molecule has 6 rings (SSSR count). The number of benzene rings is 2. The van der Waals surface area contributed by atoms with Gasteiger partial charge in [0.15, 0.2) is 0 Å². The van der Waals surface area contributed by atoms with Crippen molar-refractivity contribution in [3.05, 3.63) is 59.7 Å². The lowest BCUT2D eigenvalue weighted by atomic mass is 9.98. The molecule has 1 heterocycles. The SMILES string of the molecule is O=C(NCC1(C(=O)N2CC[C@H]3C(C(=O)O)[C@H]3C2)CC1)OCC1c2ccccc2-c2ccccc21. The van der Waals surface area contributed by atoms with E-state index in [0.717, 1.165) is 30.4 Å². The number of piperidine rings is 1. The van der Waals surface area contributed by atoms with Gasteiger partial charge in [0.05, 0.1) is 11.3 Å². The summed E-state index contributed by atoms with van der Waals surface area (Å²) in [7, 11) is 0. The summed E-state index contributed by atoms with van der Waals surface area (Å²) in [6.45, 7) is 1.63. The summed E-state index contributed by atoms with van der Waals surface area (Å²) < 4.78 is 5.61. The van der Waals surface area contributed by atoms with Crippen molar-refractivity contribution in [3.8, 4) is 11.1 Å². The van der Waals surface area contributed by atoms with E-state index in [2.05, 4.69) is 29.6 Å². The van der Waals surface area contributed by atoms with E-state index in [1.165, 1.54) is 11.1 Å². The molecule has 34 heavy (non-hydrogen) atoms. The Balaban J connectivity index is 1.04. The maximum absolute atomic E-state index is 13.2. The lowest BCUT2D eigenvalue weighted by Gasteiger charge is -2.30. The molecule has 1 unspecified atom stereocenters. The Bertz CT molecular complexity index is 1130. The number of alkyl carbamates (subject to hydrolysis) is 1. The van der Waals surface area contributed by atoms with E-state index in [-0.39, 0.29) is 42.7 Å². The zero-order valence-electron chi connectivity index (χ0n) is 18.9. The van der Waals surface area contributed by atoms with Gasteiger partial charge in [-0.3, -0.25) is 9.59 Å². The second-order valence-electron chi connectivity index (χ2n) is 10.2. The second kappa shape index (κ2) is 7.86. The Labute approximate surface area is 198 Å². The van der Waals surface area contributed by atoms with Gasteiger partial charge < -0.3 is 20.1 Å². The molecule has 2 aromatic rings. The first kappa shape index (κ1) is 21.2. The van der Waals surface area contributed by atoms with Gasteiger partial charge in [-0.15, -0.1) is 0 Å². The highest BCUT2D eigenvalue weighted by atomic mass is 16.5. The van der Waals surface area contributed by atoms with Gasteiger partial charge in [0, 0.05) is 25.6 Å². The monoisotopic (exact) mass is 460 g/mol. The van der Waals surface area contributed by atoms with Crippen LogP contribution in [0.5, 0.6) is 0 Å². The number of fused-ring (bicyclic) bond motifs is 4. The highest BCUT2D eigenvalue weighted by Gasteiger charge is 2.60. The Hall–Kier alpha value is -3.35. The Kier molecular flexibility index (Phi) is 4.90. The van der Waals surface area contributed by atoms with Gasteiger partial charge >= 0.3 is 12.1 Å². The van der Waals surface area contributed by atoms with Crippen molar-refractivity contribution in [3.63, 3.8) is 0 Å². The minimum atomic E-state index is -0.748. The summed E-state index contributed by atoms with van der Waals surface area (Å²) in [5.74, 6) is -0.705. The van der Waals surface area contributed by atoms with Crippen LogP contribution in [-0.4, -0.2) is 54.2 Å². The number of hydrogen-bond donors (Lipinski definition) is 2. The summed E-state index contributed by atoms with van der Waals surface area (Å²) in [4.78, 5) is 38.8. The van der Waals surface area contributed by atoms with Crippen molar-refractivity contribution in [2.45, 2.75) is 25.2 Å². The van der Waals surface area contributed by atoms with Crippen LogP contribution in [0.4, 0.5) is 4.79 Å². The van der Waals surface area contributed by atoms with E-state index in [0.29, 0.717) is 13.1 Å². The third-order valence-electron chi connectivity index (χ3n) is 8.29. The van der Waals surface area contributed by atoms with Gasteiger partial charge in [-0.25, -0.2) is 4.79 Å². The Morgan fingerprint density at radius 1 is 1.00 bits per heavy atom. The van der Waals surface area contributed by atoms with E-state index in [1.54, 1.807) is 0 Å². The van der Waals surface area contributed by atoms with Crippen LogP contribution in [0, 0.1) is 23.2 Å². The number of likely N-dealkylation sites (tertiary alicyclic amines) is 1. The van der Waals surface area contributed by atoms with Crippen molar-refractivity contribution in [1.82, 2.24) is 10.2 Å². The molecule has 1 saturated heterocycles. The molecule has 2 N–H and O–H groups in total. The van der Waals surface area contributed by atoms with Crippen LogP contribution in [0.3, 0.4) is 0 Å². The van der Waals surface area contributed by atoms with Gasteiger partial charge in [-0.1, -0.05) is 48.5 Å². The van der Waals surface area contributed by atoms with Crippen molar-refractivity contribution in [1.29, 1.82) is 0 Å². The van der Waals surface area contributed by atoms with Crippen molar-refractivity contribution in [2.24, 2.45) is 23.2 Å². The molecule has 2 amide bonds. The smallest absolute Gasteiger partial charge is 0.407 e. The fourth-order valence-electron chi connectivity index (χ4n) is 6.13. The lowest BCUT2D eigenvalue weighted by molar-refractivity contribution is -0.140. The quantitative estimate of drug-likeness (QED) is 0.688. The van der Waals surface area contributed by atoms with Gasteiger partial charge in [0.25, 0.3) is 0 Å². The van der Waals surface area contributed by atoms with E-state index in [9.17, 15) is 19.5 Å². The highest BCUT2D eigenvalue weighted by molar-refractivity contribution is 5.87. The normalized spacial score (nSPS) is 25.5. The average molecular weight is 461 g/mol. The van der Waals surface area contributed by atoms with Crippen molar-refractivity contribution in [2.75, 3.05) is 26.2 Å². The number of amides is 2. The zero-order chi connectivity index (χ0) is 23.4. The number of carboxylic acids is 1. The van der Waals surface area contributed by atoms with Crippen LogP contribution in [-0.2, 0) is 14.3 Å². The maximum Gasteiger partial charge on any atom is 0.407 e. The molecule has 3 atom stereocenters. The van der Waals surface area contributed by atoms with Crippen molar-refractivity contribution < 1.29 is 24.2 Å². The molecule has 3 fully saturated rings. The molecule has 176 valence electrons. The van der Waals surface area contributed by atoms with Crippen LogP contribution in [0.1, 0.15) is 36.3 Å². The number of carboxylic acid groups (broad SMARTS) is 1. The molecule has 2 aromatic carbocycles. The Morgan fingerprint density at radius 3 is 2.26 bits per heavy atom. The average Bonchev–Trinajstić information content (AvgIpc) is 3.76. The second-order valence-corrected chi connectivity index (χ2v) is 10.2. The maximum atomic E-state index is 13.2. The fourth-order valence-corrected chi connectivity index (χ4v) is 6.13. The number of aliphatic carboxylic acids is 1. The van der Waals surface area contributed by atoms with Gasteiger partial charge in [-0.05, 0) is 53.4 Å².